The summed E-state index contributed by atoms with van der Waals surface area (Å²) in [6.45, 7) is -0.585. The Balaban J connectivity index is 0.000000406. The second-order valence-corrected chi connectivity index (χ2v) is 7.33. The first kappa shape index (κ1) is 24.8. The highest BCUT2D eigenvalue weighted by atomic mass is 32.1. The largest absolute Gasteiger partial charge is 0.490 e. The van der Waals surface area contributed by atoms with Gasteiger partial charge in [0, 0.05) is 17.5 Å². The molecular formula is C18H14F5N5O5S. The SMILES string of the molecule is NCC(Cn1nnn(-c2cc(-c3ccc4c(c3)OCO4)cs2)c1=O)=C(F)F.O=C(O)C(F)(F)F. The van der Waals surface area contributed by atoms with Gasteiger partial charge in [0.1, 0.15) is 5.00 Å². The third kappa shape index (κ3) is 5.57. The number of tetrazole rings is 1. The van der Waals surface area contributed by atoms with Crippen LogP contribution in [0.2, 0.25) is 0 Å². The van der Waals surface area contributed by atoms with Crippen LogP contribution in [0.4, 0.5) is 22.0 Å². The van der Waals surface area contributed by atoms with Crippen LogP contribution in [0.3, 0.4) is 0 Å². The Morgan fingerprint density at radius 1 is 1.15 bits per heavy atom. The Morgan fingerprint density at radius 2 is 1.82 bits per heavy atom. The third-order valence-electron chi connectivity index (χ3n) is 4.24. The van der Waals surface area contributed by atoms with Crippen molar-refractivity contribution in [3.8, 4) is 27.6 Å². The quantitative estimate of drug-likeness (QED) is 0.504. The highest BCUT2D eigenvalue weighted by Gasteiger charge is 2.38. The molecule has 10 nitrogen and oxygen atoms in total. The molecule has 0 saturated heterocycles. The summed E-state index contributed by atoms with van der Waals surface area (Å²) in [6, 6.07) is 7.29. The minimum atomic E-state index is -5.08. The Labute approximate surface area is 190 Å². The van der Waals surface area contributed by atoms with E-state index in [2.05, 4.69) is 10.4 Å². The van der Waals surface area contributed by atoms with E-state index in [0.717, 1.165) is 20.5 Å². The number of thiophene rings is 1. The molecule has 0 bridgehead atoms. The number of fused-ring (bicyclic) bond motifs is 1. The van der Waals surface area contributed by atoms with Crippen LogP contribution in [0, 0.1) is 0 Å². The molecule has 0 saturated carbocycles. The zero-order valence-electron chi connectivity index (χ0n) is 16.8. The monoisotopic (exact) mass is 507 g/mol. The van der Waals surface area contributed by atoms with Gasteiger partial charge in [0.25, 0.3) is 6.08 Å². The number of benzene rings is 1. The Hall–Kier alpha value is -3.79. The number of hydrogen-bond acceptors (Lipinski definition) is 8. The number of carbonyl (C=O) groups is 1. The van der Waals surface area contributed by atoms with E-state index in [1.165, 1.54) is 11.3 Å². The van der Waals surface area contributed by atoms with Gasteiger partial charge in [-0.05, 0) is 39.8 Å². The van der Waals surface area contributed by atoms with Gasteiger partial charge < -0.3 is 20.3 Å². The average molecular weight is 507 g/mol. The first-order chi connectivity index (χ1) is 16.0. The van der Waals surface area contributed by atoms with Gasteiger partial charge in [-0.15, -0.1) is 11.3 Å². The molecule has 16 heteroatoms. The number of aromatic nitrogens is 4. The third-order valence-corrected chi connectivity index (χ3v) is 5.14. The van der Waals surface area contributed by atoms with Gasteiger partial charge in [-0.25, -0.2) is 9.59 Å². The molecule has 3 N–H and O–H groups in total. The summed E-state index contributed by atoms with van der Waals surface area (Å²) in [7, 11) is 0. The summed E-state index contributed by atoms with van der Waals surface area (Å²) in [5, 5.41) is 16.9. The van der Waals surface area contributed by atoms with Crippen molar-refractivity contribution in [2.45, 2.75) is 12.7 Å². The molecule has 3 heterocycles. The zero-order chi connectivity index (χ0) is 25.0. The van der Waals surface area contributed by atoms with Crippen LogP contribution in [0.5, 0.6) is 11.5 Å². The normalized spacial score (nSPS) is 12.2. The highest BCUT2D eigenvalue weighted by molar-refractivity contribution is 7.13. The molecule has 0 aliphatic carbocycles. The van der Waals surface area contributed by atoms with Crippen molar-refractivity contribution in [1.82, 2.24) is 19.8 Å². The Morgan fingerprint density at radius 3 is 2.44 bits per heavy atom. The summed E-state index contributed by atoms with van der Waals surface area (Å²) in [5.41, 5.74) is 6.02. The molecule has 0 unspecified atom stereocenters. The molecule has 34 heavy (non-hydrogen) atoms. The van der Waals surface area contributed by atoms with Crippen molar-refractivity contribution < 1.29 is 41.3 Å². The van der Waals surface area contributed by atoms with Crippen LogP contribution in [-0.4, -0.2) is 50.4 Å². The molecular weight excluding hydrogens is 493 g/mol. The molecule has 1 aliphatic rings. The number of nitrogens with two attached hydrogens (primary N) is 1. The maximum atomic E-state index is 12.7. The first-order valence-electron chi connectivity index (χ1n) is 9.06. The number of hydrogen-bond donors (Lipinski definition) is 2. The number of alkyl halides is 3. The standard InChI is InChI=1S/C16H13F2N5O3S.C2HF3O2/c17-15(18)11(5-19)6-22-16(24)23(21-20-22)14-4-10(7-27-14)9-1-2-12-13(3-9)26-8-25-12;3-2(4,5)1(6)7/h1-4,7H,5-6,8,19H2;(H,6,7). The van der Waals surface area contributed by atoms with E-state index in [1.807, 2.05) is 23.6 Å². The summed E-state index contributed by atoms with van der Waals surface area (Å²) in [4.78, 5) is 21.3. The average Bonchev–Trinajstić information content (AvgIpc) is 3.51. The van der Waals surface area contributed by atoms with E-state index >= 15 is 0 Å². The lowest BCUT2D eigenvalue weighted by Crippen LogP contribution is -2.26. The van der Waals surface area contributed by atoms with Crippen molar-refractivity contribution in [3.05, 3.63) is 51.8 Å². The van der Waals surface area contributed by atoms with Gasteiger partial charge in [0.15, 0.2) is 11.5 Å². The lowest BCUT2D eigenvalue weighted by molar-refractivity contribution is -0.192. The van der Waals surface area contributed by atoms with Gasteiger partial charge in [-0.2, -0.15) is 31.3 Å². The number of carboxylic acid groups (broad SMARTS) is 1. The van der Waals surface area contributed by atoms with Crippen molar-refractivity contribution in [3.63, 3.8) is 0 Å². The van der Waals surface area contributed by atoms with Crippen LogP contribution < -0.4 is 20.9 Å². The summed E-state index contributed by atoms with van der Waals surface area (Å²) in [6.07, 6.45) is -7.00. The van der Waals surface area contributed by atoms with Crippen molar-refractivity contribution in [1.29, 1.82) is 0 Å². The molecule has 0 radical (unpaired) electrons. The summed E-state index contributed by atoms with van der Waals surface area (Å²) >= 11 is 1.28. The molecule has 4 rings (SSSR count). The fraction of sp³-hybridized carbons (Fsp3) is 0.222. The van der Waals surface area contributed by atoms with Crippen LogP contribution in [0.25, 0.3) is 16.1 Å². The van der Waals surface area contributed by atoms with E-state index < -0.39 is 30.5 Å². The summed E-state index contributed by atoms with van der Waals surface area (Å²) in [5.74, 6) is -1.43. The minimum Gasteiger partial charge on any atom is -0.475 e. The number of aliphatic carboxylic acids is 1. The molecule has 2 aromatic heterocycles. The molecule has 1 aliphatic heterocycles. The van der Waals surface area contributed by atoms with E-state index in [1.54, 1.807) is 6.07 Å². The lowest BCUT2D eigenvalue weighted by atomic mass is 10.1. The van der Waals surface area contributed by atoms with Gasteiger partial charge in [-0.1, -0.05) is 6.07 Å². The molecule has 0 atom stereocenters. The zero-order valence-corrected chi connectivity index (χ0v) is 17.6. The smallest absolute Gasteiger partial charge is 0.475 e. The Bertz CT molecular complexity index is 1280. The van der Waals surface area contributed by atoms with Gasteiger partial charge in [0.05, 0.1) is 6.54 Å². The van der Waals surface area contributed by atoms with E-state index in [9.17, 15) is 26.7 Å². The molecule has 182 valence electrons. The van der Waals surface area contributed by atoms with Crippen molar-refractivity contribution >= 4 is 17.3 Å². The van der Waals surface area contributed by atoms with E-state index in [4.69, 9.17) is 25.1 Å². The van der Waals surface area contributed by atoms with Crippen molar-refractivity contribution in [2.24, 2.45) is 5.73 Å². The second-order valence-electron chi connectivity index (χ2n) is 6.44. The van der Waals surface area contributed by atoms with Gasteiger partial charge in [-0.3, -0.25) is 0 Å². The maximum Gasteiger partial charge on any atom is 0.490 e. The molecule has 3 aromatic rings. The number of nitrogens with zero attached hydrogens (tertiary/aromatic N) is 4. The van der Waals surface area contributed by atoms with E-state index in [-0.39, 0.29) is 18.9 Å². The fourth-order valence-electron chi connectivity index (χ4n) is 2.56. The highest BCUT2D eigenvalue weighted by Crippen LogP contribution is 2.37. The number of halogens is 5. The topological polar surface area (TPSA) is 134 Å². The molecule has 1 aromatic carbocycles. The predicted molar refractivity (Wildman–Crippen MR) is 107 cm³/mol. The molecule has 0 spiro atoms. The number of carboxylic acids is 1. The molecule has 0 amide bonds. The Kier molecular flexibility index (Phi) is 7.31. The van der Waals surface area contributed by atoms with Crippen LogP contribution in [0.1, 0.15) is 0 Å². The fourth-order valence-corrected chi connectivity index (χ4v) is 3.42. The minimum absolute atomic E-state index is 0.185. The van der Waals surface area contributed by atoms with Crippen LogP contribution in [0.15, 0.2) is 46.1 Å². The number of ether oxygens (including phenoxy) is 2. The number of rotatable bonds is 5. The van der Waals surface area contributed by atoms with Gasteiger partial charge in [0.2, 0.25) is 6.79 Å². The van der Waals surface area contributed by atoms with Crippen LogP contribution >= 0.6 is 11.3 Å². The predicted octanol–water partition coefficient (Wildman–Crippen LogP) is 2.63. The summed E-state index contributed by atoms with van der Waals surface area (Å²) < 4.78 is 69.8. The van der Waals surface area contributed by atoms with Gasteiger partial charge >= 0.3 is 17.8 Å². The lowest BCUT2D eigenvalue weighted by Gasteiger charge is -2.01. The van der Waals surface area contributed by atoms with Crippen molar-refractivity contribution in [2.75, 3.05) is 13.3 Å². The van der Waals surface area contributed by atoms with E-state index in [0.29, 0.717) is 16.5 Å². The first-order valence-corrected chi connectivity index (χ1v) is 9.94. The molecule has 0 fully saturated rings. The maximum absolute atomic E-state index is 12.7. The second kappa shape index (κ2) is 10.0. The van der Waals surface area contributed by atoms with Crippen LogP contribution in [-0.2, 0) is 11.3 Å².